The Morgan fingerprint density at radius 3 is 2.67 bits per heavy atom. The van der Waals surface area contributed by atoms with Crippen LogP contribution in [0.25, 0.3) is 0 Å². The summed E-state index contributed by atoms with van der Waals surface area (Å²) in [5.74, 6) is 0. The Bertz CT molecular complexity index is 515. The summed E-state index contributed by atoms with van der Waals surface area (Å²) in [6, 6.07) is 1.96. The van der Waals surface area contributed by atoms with Crippen LogP contribution in [-0.4, -0.2) is 19.7 Å². The Labute approximate surface area is 107 Å². The molecule has 1 atom stereocenters. The van der Waals surface area contributed by atoms with Gasteiger partial charge in [-0.25, -0.2) is 0 Å². The van der Waals surface area contributed by atoms with Crippen LogP contribution in [0.15, 0.2) is 18.5 Å². The third-order valence-corrected chi connectivity index (χ3v) is 3.00. The monoisotopic (exact) mass is 245 g/mol. The van der Waals surface area contributed by atoms with Gasteiger partial charge in [-0.2, -0.15) is 5.10 Å². The van der Waals surface area contributed by atoms with Crippen molar-refractivity contribution >= 4 is 0 Å². The van der Waals surface area contributed by atoms with E-state index in [-0.39, 0.29) is 6.04 Å². The molecule has 0 spiro atoms. The molecule has 2 aromatic heterocycles. The number of aryl methyl sites for hydroxylation is 3. The van der Waals surface area contributed by atoms with Gasteiger partial charge < -0.3 is 5.73 Å². The highest BCUT2D eigenvalue weighted by molar-refractivity contribution is 5.15. The van der Waals surface area contributed by atoms with Crippen LogP contribution in [0.4, 0.5) is 0 Å². The van der Waals surface area contributed by atoms with Gasteiger partial charge in [-0.15, -0.1) is 0 Å². The average molecular weight is 245 g/mol. The van der Waals surface area contributed by atoms with Crippen molar-refractivity contribution in [2.75, 3.05) is 0 Å². The molecule has 2 heterocycles. The van der Waals surface area contributed by atoms with Crippen molar-refractivity contribution in [1.82, 2.24) is 19.7 Å². The van der Waals surface area contributed by atoms with Gasteiger partial charge in [0.25, 0.3) is 0 Å². The standard InChI is InChI=1S/C13H19N5/c1-4-10-5-11(18(3)17-10)6-12(14)13-8-15-9(2)7-16-13/h5,7-8,12H,4,6,14H2,1-3H3. The third-order valence-electron chi connectivity index (χ3n) is 3.00. The van der Waals surface area contributed by atoms with Gasteiger partial charge in [-0.05, 0) is 19.4 Å². The minimum Gasteiger partial charge on any atom is -0.322 e. The van der Waals surface area contributed by atoms with E-state index < -0.39 is 0 Å². The van der Waals surface area contributed by atoms with E-state index in [0.717, 1.165) is 35.6 Å². The van der Waals surface area contributed by atoms with Crippen molar-refractivity contribution in [3.63, 3.8) is 0 Å². The first-order chi connectivity index (χ1) is 8.60. The Morgan fingerprint density at radius 1 is 1.33 bits per heavy atom. The molecule has 2 rings (SSSR count). The van der Waals surface area contributed by atoms with E-state index >= 15 is 0 Å². The summed E-state index contributed by atoms with van der Waals surface area (Å²) in [5.41, 5.74) is 10.1. The van der Waals surface area contributed by atoms with Gasteiger partial charge in [0.2, 0.25) is 0 Å². The molecule has 0 saturated carbocycles. The molecule has 18 heavy (non-hydrogen) atoms. The zero-order valence-electron chi connectivity index (χ0n) is 11.1. The van der Waals surface area contributed by atoms with Gasteiger partial charge in [0.1, 0.15) is 0 Å². The number of hydrogen-bond donors (Lipinski definition) is 1. The summed E-state index contributed by atoms with van der Waals surface area (Å²) in [7, 11) is 1.95. The highest BCUT2D eigenvalue weighted by Crippen LogP contribution is 2.14. The number of aromatic nitrogens is 4. The van der Waals surface area contributed by atoms with Crippen molar-refractivity contribution in [2.24, 2.45) is 12.8 Å². The smallest absolute Gasteiger partial charge is 0.0758 e. The van der Waals surface area contributed by atoms with Crippen LogP contribution in [0.2, 0.25) is 0 Å². The molecule has 0 aliphatic carbocycles. The normalized spacial score (nSPS) is 12.7. The Kier molecular flexibility index (Phi) is 3.72. The lowest BCUT2D eigenvalue weighted by molar-refractivity contribution is 0.624. The average Bonchev–Trinajstić information content (AvgIpc) is 2.71. The summed E-state index contributed by atoms with van der Waals surface area (Å²) >= 11 is 0. The van der Waals surface area contributed by atoms with E-state index in [1.165, 1.54) is 0 Å². The van der Waals surface area contributed by atoms with E-state index in [1.807, 2.05) is 18.7 Å². The summed E-state index contributed by atoms with van der Waals surface area (Å²) in [6.45, 7) is 4.01. The van der Waals surface area contributed by atoms with Gasteiger partial charge in [-0.3, -0.25) is 14.6 Å². The Morgan fingerprint density at radius 2 is 2.11 bits per heavy atom. The SMILES string of the molecule is CCc1cc(CC(N)c2cnc(C)cn2)n(C)n1. The fourth-order valence-electron chi connectivity index (χ4n) is 1.86. The maximum Gasteiger partial charge on any atom is 0.0758 e. The van der Waals surface area contributed by atoms with Crippen molar-refractivity contribution in [3.05, 3.63) is 41.2 Å². The van der Waals surface area contributed by atoms with E-state index in [9.17, 15) is 0 Å². The maximum atomic E-state index is 6.15. The van der Waals surface area contributed by atoms with E-state index in [1.54, 1.807) is 12.4 Å². The van der Waals surface area contributed by atoms with Crippen LogP contribution in [0, 0.1) is 6.92 Å². The highest BCUT2D eigenvalue weighted by Gasteiger charge is 2.12. The molecule has 2 N–H and O–H groups in total. The fourth-order valence-corrected chi connectivity index (χ4v) is 1.86. The molecule has 0 fully saturated rings. The first-order valence-corrected chi connectivity index (χ1v) is 6.16. The Balaban J connectivity index is 2.13. The molecule has 0 aromatic carbocycles. The zero-order valence-corrected chi connectivity index (χ0v) is 11.1. The Hall–Kier alpha value is -1.75. The van der Waals surface area contributed by atoms with E-state index in [2.05, 4.69) is 28.1 Å². The largest absolute Gasteiger partial charge is 0.322 e. The highest BCUT2D eigenvalue weighted by atomic mass is 15.3. The number of rotatable bonds is 4. The predicted molar refractivity (Wildman–Crippen MR) is 70.0 cm³/mol. The molecule has 0 amide bonds. The third kappa shape index (κ3) is 2.73. The fraction of sp³-hybridized carbons (Fsp3) is 0.462. The molecule has 0 aliphatic heterocycles. The van der Waals surface area contributed by atoms with Gasteiger partial charge in [0.05, 0.1) is 29.3 Å². The molecule has 96 valence electrons. The second-order valence-corrected chi connectivity index (χ2v) is 4.50. The molecule has 2 aromatic rings. The molecule has 0 aliphatic rings. The van der Waals surface area contributed by atoms with E-state index in [4.69, 9.17) is 5.73 Å². The minimum absolute atomic E-state index is 0.141. The molecule has 5 heteroatoms. The summed E-state index contributed by atoms with van der Waals surface area (Å²) in [5, 5.41) is 4.42. The van der Waals surface area contributed by atoms with Crippen LogP contribution >= 0.6 is 0 Å². The van der Waals surface area contributed by atoms with Crippen LogP contribution in [0.3, 0.4) is 0 Å². The van der Waals surface area contributed by atoms with Crippen LogP contribution < -0.4 is 5.73 Å². The molecule has 1 unspecified atom stereocenters. The van der Waals surface area contributed by atoms with Gasteiger partial charge in [0.15, 0.2) is 0 Å². The van der Waals surface area contributed by atoms with Crippen molar-refractivity contribution in [3.8, 4) is 0 Å². The second-order valence-electron chi connectivity index (χ2n) is 4.50. The summed E-state index contributed by atoms with van der Waals surface area (Å²) in [4.78, 5) is 8.53. The van der Waals surface area contributed by atoms with Crippen LogP contribution in [-0.2, 0) is 19.9 Å². The van der Waals surface area contributed by atoms with Crippen molar-refractivity contribution in [2.45, 2.75) is 32.7 Å². The van der Waals surface area contributed by atoms with Gasteiger partial charge >= 0.3 is 0 Å². The van der Waals surface area contributed by atoms with Crippen molar-refractivity contribution < 1.29 is 0 Å². The number of nitrogens with zero attached hydrogens (tertiary/aromatic N) is 4. The van der Waals surface area contributed by atoms with E-state index in [0.29, 0.717) is 0 Å². The number of nitrogens with two attached hydrogens (primary N) is 1. The summed E-state index contributed by atoms with van der Waals surface area (Å²) in [6.07, 6.45) is 5.15. The van der Waals surface area contributed by atoms with Gasteiger partial charge in [-0.1, -0.05) is 6.92 Å². The first kappa shape index (κ1) is 12.7. The predicted octanol–water partition coefficient (Wildman–Crippen LogP) is 1.32. The minimum atomic E-state index is -0.141. The molecule has 5 nitrogen and oxygen atoms in total. The molecular weight excluding hydrogens is 226 g/mol. The lowest BCUT2D eigenvalue weighted by Gasteiger charge is -2.10. The first-order valence-electron chi connectivity index (χ1n) is 6.16. The zero-order chi connectivity index (χ0) is 13.1. The quantitative estimate of drug-likeness (QED) is 0.882. The molecule has 0 radical (unpaired) electrons. The van der Waals surface area contributed by atoms with Crippen molar-refractivity contribution in [1.29, 1.82) is 0 Å². The number of hydrogen-bond acceptors (Lipinski definition) is 4. The van der Waals surface area contributed by atoms with Gasteiger partial charge in [0, 0.05) is 25.4 Å². The molecular formula is C13H19N5. The van der Waals surface area contributed by atoms with Crippen LogP contribution in [0.5, 0.6) is 0 Å². The lowest BCUT2D eigenvalue weighted by Crippen LogP contribution is -2.17. The molecule has 0 bridgehead atoms. The van der Waals surface area contributed by atoms with Crippen LogP contribution in [0.1, 0.15) is 35.7 Å². The lowest BCUT2D eigenvalue weighted by atomic mass is 10.1. The topological polar surface area (TPSA) is 69.6 Å². The molecule has 0 saturated heterocycles. The second kappa shape index (κ2) is 5.27. The summed E-state index contributed by atoms with van der Waals surface area (Å²) < 4.78 is 1.89. The maximum absolute atomic E-state index is 6.15.